The second-order valence-corrected chi connectivity index (χ2v) is 9.25. The summed E-state index contributed by atoms with van der Waals surface area (Å²) < 4.78 is 5.65. The predicted octanol–water partition coefficient (Wildman–Crippen LogP) is 4.42. The number of rotatable bonds is 5. The van der Waals surface area contributed by atoms with Crippen molar-refractivity contribution < 1.29 is 9.53 Å². The number of nitrogens with one attached hydrogen (secondary N) is 1. The van der Waals surface area contributed by atoms with Crippen molar-refractivity contribution in [1.29, 1.82) is 0 Å². The number of likely N-dealkylation sites (tertiary alicyclic amines) is 1. The lowest BCUT2D eigenvalue weighted by atomic mass is 9.66. The number of para-hydroxylation sites is 1. The fraction of sp³-hybridized carbons (Fsp3) is 0.321. The van der Waals surface area contributed by atoms with Crippen molar-refractivity contribution in [3.8, 4) is 5.75 Å². The Bertz CT molecular complexity index is 1160. The number of carbonyl (C=O) groups is 1. The van der Waals surface area contributed by atoms with Gasteiger partial charge in [0.15, 0.2) is 0 Å². The van der Waals surface area contributed by atoms with Crippen LogP contribution in [0.15, 0.2) is 72.8 Å². The lowest BCUT2D eigenvalue weighted by molar-refractivity contribution is -0.121. The Balaban J connectivity index is 1.26. The van der Waals surface area contributed by atoms with Crippen molar-refractivity contribution in [2.45, 2.75) is 24.7 Å². The molecule has 0 spiro atoms. The van der Waals surface area contributed by atoms with E-state index in [1.54, 1.807) is 0 Å². The zero-order valence-corrected chi connectivity index (χ0v) is 18.2. The molecule has 2 atom stereocenters. The number of carbonyl (C=O) groups excluding carboxylic acids is 1. The van der Waals surface area contributed by atoms with Gasteiger partial charge >= 0.3 is 0 Å². The average Bonchev–Trinajstić information content (AvgIpc) is 3.55. The van der Waals surface area contributed by atoms with E-state index in [1.165, 1.54) is 11.1 Å². The molecule has 1 fully saturated rings. The predicted molar refractivity (Wildman–Crippen MR) is 126 cm³/mol. The van der Waals surface area contributed by atoms with Gasteiger partial charge < -0.3 is 15.0 Å². The van der Waals surface area contributed by atoms with Crippen molar-refractivity contribution in [2.75, 3.05) is 31.6 Å². The van der Waals surface area contributed by atoms with Gasteiger partial charge in [-0.1, -0.05) is 60.7 Å². The molecule has 4 heteroatoms. The molecule has 162 valence electrons. The fourth-order valence-corrected chi connectivity index (χ4v) is 5.98. The first kappa shape index (κ1) is 19.6. The van der Waals surface area contributed by atoms with Crippen molar-refractivity contribution in [1.82, 2.24) is 4.90 Å². The molecule has 4 nitrogen and oxygen atoms in total. The minimum Gasteiger partial charge on any atom is -0.493 e. The van der Waals surface area contributed by atoms with Crippen LogP contribution in [0.2, 0.25) is 0 Å². The Morgan fingerprint density at radius 1 is 1.03 bits per heavy atom. The molecule has 0 saturated carbocycles. The van der Waals surface area contributed by atoms with Crippen LogP contribution in [0, 0.1) is 5.92 Å². The van der Waals surface area contributed by atoms with E-state index in [4.69, 9.17) is 4.74 Å². The van der Waals surface area contributed by atoms with Crippen LogP contribution in [0.1, 0.15) is 28.7 Å². The SMILES string of the molecule is O=C1Nc2ccccc2C1(c1ccccc1)C1CCN(CCc2ccc3c(c2)CCO3)C1. The summed E-state index contributed by atoms with van der Waals surface area (Å²) in [6.07, 6.45) is 3.07. The van der Waals surface area contributed by atoms with Crippen molar-refractivity contribution >= 4 is 11.6 Å². The molecule has 6 rings (SSSR count). The maximum absolute atomic E-state index is 13.6. The van der Waals surface area contributed by atoms with E-state index in [9.17, 15) is 4.79 Å². The molecule has 2 unspecified atom stereocenters. The van der Waals surface area contributed by atoms with Crippen LogP contribution in [0.5, 0.6) is 5.75 Å². The molecular formula is C28H28N2O2. The topological polar surface area (TPSA) is 41.6 Å². The van der Waals surface area contributed by atoms with Crippen LogP contribution in [0.4, 0.5) is 5.69 Å². The van der Waals surface area contributed by atoms with Gasteiger partial charge in [-0.05, 0) is 59.7 Å². The van der Waals surface area contributed by atoms with Crippen molar-refractivity contribution in [3.63, 3.8) is 0 Å². The Hall–Kier alpha value is -3.11. The van der Waals surface area contributed by atoms with Crippen LogP contribution in [0.3, 0.4) is 0 Å². The van der Waals surface area contributed by atoms with Gasteiger partial charge in [0.1, 0.15) is 11.2 Å². The van der Waals surface area contributed by atoms with E-state index >= 15 is 0 Å². The van der Waals surface area contributed by atoms with Crippen molar-refractivity contribution in [3.05, 3.63) is 95.1 Å². The zero-order valence-electron chi connectivity index (χ0n) is 18.2. The number of hydrogen-bond donors (Lipinski definition) is 1. The van der Waals surface area contributed by atoms with E-state index in [0.717, 1.165) is 68.1 Å². The summed E-state index contributed by atoms with van der Waals surface area (Å²) >= 11 is 0. The maximum atomic E-state index is 13.6. The maximum Gasteiger partial charge on any atom is 0.239 e. The highest BCUT2D eigenvalue weighted by atomic mass is 16.5. The van der Waals surface area contributed by atoms with Gasteiger partial charge in [0.2, 0.25) is 5.91 Å². The van der Waals surface area contributed by atoms with Gasteiger partial charge in [-0.25, -0.2) is 0 Å². The highest BCUT2D eigenvalue weighted by Crippen LogP contribution is 2.50. The Labute approximate surface area is 189 Å². The van der Waals surface area contributed by atoms with Crippen LogP contribution in [-0.4, -0.2) is 37.0 Å². The molecule has 3 aromatic carbocycles. The second-order valence-electron chi connectivity index (χ2n) is 9.25. The second kappa shape index (κ2) is 7.79. The number of anilines is 1. The molecule has 1 N–H and O–H groups in total. The molecule has 0 aromatic heterocycles. The summed E-state index contributed by atoms with van der Waals surface area (Å²) in [6.45, 7) is 3.79. The van der Waals surface area contributed by atoms with Crippen LogP contribution < -0.4 is 10.1 Å². The van der Waals surface area contributed by atoms with Crippen molar-refractivity contribution in [2.24, 2.45) is 5.92 Å². The van der Waals surface area contributed by atoms with Crippen LogP contribution in [0.25, 0.3) is 0 Å². The monoisotopic (exact) mass is 424 g/mol. The van der Waals surface area contributed by atoms with Crippen LogP contribution in [-0.2, 0) is 23.1 Å². The highest BCUT2D eigenvalue weighted by Gasteiger charge is 2.54. The first-order valence-electron chi connectivity index (χ1n) is 11.7. The third kappa shape index (κ3) is 3.05. The van der Waals surface area contributed by atoms with E-state index in [1.807, 2.05) is 18.2 Å². The summed E-state index contributed by atoms with van der Waals surface area (Å²) in [5.41, 5.74) is 5.29. The standard InChI is InChI=1S/C28H28N2O2/c31-27-28(22-6-2-1-3-7-22,24-8-4-5-9-25(24)29-27)23-13-16-30(19-23)15-12-20-10-11-26-21(18-20)14-17-32-26/h1-11,18,23H,12-17,19H2,(H,29,31). The molecule has 32 heavy (non-hydrogen) atoms. The largest absolute Gasteiger partial charge is 0.493 e. The summed E-state index contributed by atoms with van der Waals surface area (Å²) in [5.74, 6) is 1.42. The third-order valence-electron chi connectivity index (χ3n) is 7.54. The first-order valence-corrected chi connectivity index (χ1v) is 11.7. The summed E-state index contributed by atoms with van der Waals surface area (Å²) in [6, 6.07) is 25.2. The van der Waals surface area contributed by atoms with Gasteiger partial charge in [-0.3, -0.25) is 4.79 Å². The molecule has 3 aliphatic rings. The quantitative estimate of drug-likeness (QED) is 0.659. The Morgan fingerprint density at radius 3 is 2.78 bits per heavy atom. The minimum absolute atomic E-state index is 0.121. The molecule has 3 aliphatic heterocycles. The van der Waals surface area contributed by atoms with E-state index in [-0.39, 0.29) is 11.8 Å². The van der Waals surface area contributed by atoms with E-state index in [2.05, 4.69) is 64.8 Å². The molecule has 1 amide bonds. The first-order chi connectivity index (χ1) is 15.7. The fourth-order valence-electron chi connectivity index (χ4n) is 5.98. The molecule has 3 heterocycles. The van der Waals surface area contributed by atoms with Gasteiger partial charge in [0, 0.05) is 25.2 Å². The molecule has 0 radical (unpaired) electrons. The number of ether oxygens (including phenoxy) is 1. The zero-order chi connectivity index (χ0) is 21.5. The number of fused-ring (bicyclic) bond motifs is 2. The van der Waals surface area contributed by atoms with Gasteiger partial charge in [-0.2, -0.15) is 0 Å². The lowest BCUT2D eigenvalue weighted by Crippen LogP contribution is -2.44. The number of amides is 1. The molecule has 3 aromatic rings. The molecule has 0 bridgehead atoms. The average molecular weight is 425 g/mol. The van der Waals surface area contributed by atoms with Gasteiger partial charge in [0.05, 0.1) is 6.61 Å². The number of benzene rings is 3. The van der Waals surface area contributed by atoms with Crippen LogP contribution >= 0.6 is 0 Å². The van der Waals surface area contributed by atoms with Gasteiger partial charge in [0.25, 0.3) is 0 Å². The molecule has 1 saturated heterocycles. The molecule has 0 aliphatic carbocycles. The Morgan fingerprint density at radius 2 is 1.88 bits per heavy atom. The minimum atomic E-state index is -0.614. The van der Waals surface area contributed by atoms with Gasteiger partial charge in [-0.15, -0.1) is 0 Å². The summed E-state index contributed by atoms with van der Waals surface area (Å²) in [5, 5.41) is 3.19. The number of nitrogens with zero attached hydrogens (tertiary/aromatic N) is 1. The Kier molecular flexibility index (Phi) is 4.76. The normalized spacial score (nSPS) is 24.1. The summed E-state index contributed by atoms with van der Waals surface area (Å²) in [7, 11) is 0. The van der Waals surface area contributed by atoms with E-state index in [0.29, 0.717) is 0 Å². The smallest absolute Gasteiger partial charge is 0.239 e. The molecular weight excluding hydrogens is 396 g/mol. The van der Waals surface area contributed by atoms with E-state index < -0.39 is 5.41 Å². The highest BCUT2D eigenvalue weighted by molar-refractivity contribution is 6.09. The third-order valence-corrected chi connectivity index (χ3v) is 7.54. The lowest BCUT2D eigenvalue weighted by Gasteiger charge is -2.34. The number of hydrogen-bond acceptors (Lipinski definition) is 3. The summed E-state index contributed by atoms with van der Waals surface area (Å²) in [4.78, 5) is 16.1.